The number of hydrogen-bond donors (Lipinski definition) is 2. The maximum atomic E-state index is 4.63. The first-order valence-electron chi connectivity index (χ1n) is 10.9. The Bertz CT molecular complexity index is 1110. The molecule has 0 amide bonds. The number of alkyl halides is 2. The second-order valence-electron chi connectivity index (χ2n) is 7.79. The number of halogens is 2. The maximum absolute atomic E-state index is 4.63. The van der Waals surface area contributed by atoms with Gasteiger partial charge >= 0.3 is 0 Å². The minimum Gasteiger partial charge on any atom is -0.355 e. The van der Waals surface area contributed by atoms with Crippen LogP contribution in [-0.2, 0) is 0 Å². The van der Waals surface area contributed by atoms with E-state index < -0.39 is 0 Å². The van der Waals surface area contributed by atoms with Gasteiger partial charge < -0.3 is 9.97 Å². The number of hydrogen-bond acceptors (Lipinski definition) is 2. The smallest absolute Gasteiger partial charge is 0.0697 e. The molecule has 2 aliphatic heterocycles. The van der Waals surface area contributed by atoms with Gasteiger partial charge in [0.1, 0.15) is 0 Å². The molecule has 5 heterocycles. The highest BCUT2D eigenvalue weighted by atomic mass is 79.9. The molecule has 0 saturated heterocycles. The topological polar surface area (TPSA) is 57.4 Å². The molecular formula is C26H26Br2N4. The van der Waals surface area contributed by atoms with E-state index in [2.05, 4.69) is 83.0 Å². The van der Waals surface area contributed by atoms with Gasteiger partial charge in [0.05, 0.1) is 26.5 Å². The largest absolute Gasteiger partial charge is 0.355 e. The van der Waals surface area contributed by atoms with E-state index in [1.807, 2.05) is 48.6 Å². The van der Waals surface area contributed by atoms with E-state index in [1.54, 1.807) is 0 Å². The highest BCUT2D eigenvalue weighted by molar-refractivity contribution is 9.24. The molecule has 0 aliphatic carbocycles. The number of H-pyrrole nitrogens is 2. The van der Waals surface area contributed by atoms with E-state index in [0.29, 0.717) is 3.74 Å². The number of nitrogens with zero attached hydrogens (tertiary/aromatic N) is 2. The number of aromatic nitrogens is 4. The third-order valence-electron chi connectivity index (χ3n) is 5.07. The summed E-state index contributed by atoms with van der Waals surface area (Å²) in [6.07, 6.45) is 13.3. The summed E-state index contributed by atoms with van der Waals surface area (Å²) in [5.74, 6) is 0. The quantitative estimate of drug-likeness (QED) is 0.173. The fourth-order valence-corrected chi connectivity index (χ4v) is 4.14. The van der Waals surface area contributed by atoms with Crippen molar-refractivity contribution in [2.24, 2.45) is 0 Å². The Morgan fingerprint density at radius 3 is 1.34 bits per heavy atom. The normalized spacial score (nSPS) is 12.1. The molecule has 2 aliphatic rings. The zero-order valence-corrected chi connectivity index (χ0v) is 21.2. The van der Waals surface area contributed by atoms with Gasteiger partial charge in [-0.05, 0) is 79.3 Å². The van der Waals surface area contributed by atoms with Crippen LogP contribution in [0.15, 0.2) is 48.5 Å². The first-order valence-corrected chi connectivity index (χ1v) is 12.7. The molecule has 0 aromatic carbocycles. The molecule has 0 spiro atoms. The van der Waals surface area contributed by atoms with Crippen LogP contribution in [0.5, 0.6) is 0 Å². The van der Waals surface area contributed by atoms with Crippen LogP contribution in [0.2, 0.25) is 0 Å². The van der Waals surface area contributed by atoms with Gasteiger partial charge in [0.25, 0.3) is 0 Å². The summed E-state index contributed by atoms with van der Waals surface area (Å²) < 4.78 is 0.529. The SMILES string of the molecule is C1=Cc2cc3ccc(cc4nc(cc5ccc(cc1n2)[nH]5)C=C4)[nH]3.CCCCCC(Br)Br. The van der Waals surface area contributed by atoms with Gasteiger partial charge in [-0.15, -0.1) is 0 Å². The van der Waals surface area contributed by atoms with Crippen LogP contribution in [0, 0.1) is 0 Å². The summed E-state index contributed by atoms with van der Waals surface area (Å²) in [6.45, 7) is 2.22. The van der Waals surface area contributed by atoms with Crippen molar-refractivity contribution in [1.29, 1.82) is 0 Å². The number of unbranched alkanes of at least 4 members (excludes halogenated alkanes) is 2. The Hall–Kier alpha value is -2.44. The average Bonchev–Trinajstić information content (AvgIpc) is 3.54. The lowest BCUT2D eigenvalue weighted by Gasteiger charge is -1.97. The van der Waals surface area contributed by atoms with Gasteiger partial charge in [0, 0.05) is 22.1 Å². The molecule has 2 N–H and O–H groups in total. The molecule has 0 radical (unpaired) electrons. The Balaban J connectivity index is 0.000000265. The van der Waals surface area contributed by atoms with Crippen molar-refractivity contribution in [2.45, 2.75) is 36.3 Å². The number of fused-ring (bicyclic) bond motifs is 8. The lowest BCUT2D eigenvalue weighted by Crippen LogP contribution is -1.83. The molecule has 0 atom stereocenters. The molecule has 0 unspecified atom stereocenters. The van der Waals surface area contributed by atoms with Crippen molar-refractivity contribution >= 4 is 78.2 Å². The standard InChI is InChI=1S/C20H14N4.C6H12Br2/c1-2-14-10-16-5-6-18(23-16)12-20-8-7-19(24-20)11-17-4-3-15(22-17)9-13(1)21-14;1-2-3-4-5-6(7)8/h1-12,21,24H;6H,2-5H2,1H3. The molecule has 6 heteroatoms. The van der Waals surface area contributed by atoms with Crippen LogP contribution in [0.4, 0.5) is 0 Å². The molecular weight excluding hydrogens is 528 g/mol. The van der Waals surface area contributed by atoms with Crippen LogP contribution >= 0.6 is 31.9 Å². The van der Waals surface area contributed by atoms with E-state index in [4.69, 9.17) is 0 Å². The molecule has 0 saturated carbocycles. The average molecular weight is 554 g/mol. The Kier molecular flexibility index (Phi) is 7.76. The summed E-state index contributed by atoms with van der Waals surface area (Å²) >= 11 is 6.84. The van der Waals surface area contributed by atoms with Gasteiger partial charge in [-0.3, -0.25) is 0 Å². The molecule has 32 heavy (non-hydrogen) atoms. The van der Waals surface area contributed by atoms with Gasteiger partial charge in [-0.2, -0.15) is 0 Å². The molecule has 0 fully saturated rings. The van der Waals surface area contributed by atoms with Crippen molar-refractivity contribution in [1.82, 2.24) is 19.9 Å². The van der Waals surface area contributed by atoms with E-state index in [9.17, 15) is 0 Å². The minimum absolute atomic E-state index is 0.529. The van der Waals surface area contributed by atoms with Crippen molar-refractivity contribution in [3.63, 3.8) is 0 Å². The van der Waals surface area contributed by atoms with Crippen LogP contribution in [0.3, 0.4) is 0 Å². The van der Waals surface area contributed by atoms with Crippen LogP contribution in [0.1, 0.15) is 55.4 Å². The van der Waals surface area contributed by atoms with Crippen molar-refractivity contribution in [2.75, 3.05) is 0 Å². The molecule has 4 nitrogen and oxygen atoms in total. The highest BCUT2D eigenvalue weighted by Gasteiger charge is 2.01. The Morgan fingerprint density at radius 2 is 1.03 bits per heavy atom. The third kappa shape index (κ3) is 6.53. The minimum atomic E-state index is 0.529. The fourth-order valence-electron chi connectivity index (χ4n) is 3.49. The van der Waals surface area contributed by atoms with E-state index >= 15 is 0 Å². The molecule has 3 aromatic heterocycles. The predicted octanol–water partition coefficient (Wildman–Crippen LogP) is 8.34. The number of rotatable bonds is 4. The van der Waals surface area contributed by atoms with Crippen LogP contribution < -0.4 is 0 Å². The summed E-state index contributed by atoms with van der Waals surface area (Å²) in [7, 11) is 0. The first-order chi connectivity index (χ1) is 15.6. The van der Waals surface area contributed by atoms with Gasteiger partial charge in [0.2, 0.25) is 0 Å². The lowest BCUT2D eigenvalue weighted by molar-refractivity contribution is 0.701. The van der Waals surface area contributed by atoms with Crippen molar-refractivity contribution in [3.8, 4) is 0 Å². The van der Waals surface area contributed by atoms with E-state index in [1.165, 1.54) is 25.7 Å². The van der Waals surface area contributed by atoms with Crippen LogP contribution in [-0.4, -0.2) is 23.7 Å². The zero-order chi connectivity index (χ0) is 22.3. The second kappa shape index (κ2) is 10.9. The predicted molar refractivity (Wildman–Crippen MR) is 145 cm³/mol. The summed E-state index contributed by atoms with van der Waals surface area (Å²) in [5.41, 5.74) is 7.86. The highest BCUT2D eigenvalue weighted by Crippen LogP contribution is 2.17. The zero-order valence-electron chi connectivity index (χ0n) is 18.0. The van der Waals surface area contributed by atoms with Gasteiger partial charge in [-0.1, -0.05) is 58.0 Å². The summed E-state index contributed by atoms with van der Waals surface area (Å²) in [6, 6.07) is 16.4. The Morgan fingerprint density at radius 1 is 0.656 bits per heavy atom. The molecule has 5 rings (SSSR count). The maximum Gasteiger partial charge on any atom is 0.0697 e. The third-order valence-corrected chi connectivity index (χ3v) is 5.98. The van der Waals surface area contributed by atoms with Crippen molar-refractivity contribution < 1.29 is 0 Å². The van der Waals surface area contributed by atoms with Crippen molar-refractivity contribution in [3.05, 3.63) is 71.3 Å². The van der Waals surface area contributed by atoms with Gasteiger partial charge in [-0.25, -0.2) is 9.97 Å². The molecule has 8 bridgehead atoms. The van der Waals surface area contributed by atoms with E-state index in [-0.39, 0.29) is 0 Å². The number of aromatic amines is 2. The Labute approximate surface area is 205 Å². The van der Waals surface area contributed by atoms with Gasteiger partial charge in [0.15, 0.2) is 0 Å². The summed E-state index contributed by atoms with van der Waals surface area (Å²) in [4.78, 5) is 16.0. The lowest BCUT2D eigenvalue weighted by atomic mass is 10.2. The monoisotopic (exact) mass is 552 g/mol. The molecule has 3 aromatic rings. The second-order valence-corrected chi connectivity index (χ2v) is 11.2. The number of nitrogens with one attached hydrogen (secondary N) is 2. The first kappa shape index (κ1) is 22.7. The fraction of sp³-hybridized carbons (Fsp3) is 0.231. The van der Waals surface area contributed by atoms with E-state index in [0.717, 1.165) is 44.8 Å². The summed E-state index contributed by atoms with van der Waals surface area (Å²) in [5, 5.41) is 0. The van der Waals surface area contributed by atoms with Crippen LogP contribution in [0.25, 0.3) is 46.4 Å². The molecule has 164 valence electrons.